The van der Waals surface area contributed by atoms with E-state index in [-0.39, 0.29) is 30.3 Å². The van der Waals surface area contributed by atoms with Gasteiger partial charge in [0.1, 0.15) is 12.1 Å². The fraction of sp³-hybridized carbons (Fsp3) is 0.381. The zero-order valence-corrected chi connectivity index (χ0v) is 19.0. The lowest BCUT2D eigenvalue weighted by atomic mass is 10.2. The molecule has 0 saturated carbocycles. The number of likely N-dealkylation sites (N-methyl/N-ethyl adjacent to an activating group) is 1. The van der Waals surface area contributed by atoms with Crippen LogP contribution in [0.2, 0.25) is 0 Å². The molecule has 13 heteroatoms. The monoisotopic (exact) mass is 482 g/mol. The SMILES string of the molecule is CCN(CC(=O)NNC(=O)c1nccnc1Nc1ccc(C(F)(F)F)cc1)C(=O)OC(C)(C)C. The van der Waals surface area contributed by atoms with Crippen molar-refractivity contribution < 1.29 is 32.3 Å². The van der Waals surface area contributed by atoms with Crippen LogP contribution in [0, 0.1) is 0 Å². The Morgan fingerprint density at radius 1 is 1.00 bits per heavy atom. The number of ether oxygens (including phenoxy) is 1. The number of hydrazine groups is 1. The number of amides is 3. The summed E-state index contributed by atoms with van der Waals surface area (Å²) in [6.45, 7) is 6.56. The minimum atomic E-state index is -4.48. The largest absolute Gasteiger partial charge is 0.444 e. The quantitative estimate of drug-likeness (QED) is 0.540. The van der Waals surface area contributed by atoms with Gasteiger partial charge in [0.2, 0.25) is 0 Å². The van der Waals surface area contributed by atoms with E-state index in [4.69, 9.17) is 4.74 Å². The lowest BCUT2D eigenvalue weighted by molar-refractivity contribution is -0.137. The van der Waals surface area contributed by atoms with Crippen LogP contribution in [-0.2, 0) is 15.7 Å². The van der Waals surface area contributed by atoms with Gasteiger partial charge in [-0.3, -0.25) is 25.3 Å². The molecule has 1 aromatic carbocycles. The van der Waals surface area contributed by atoms with Crippen LogP contribution >= 0.6 is 0 Å². The summed E-state index contributed by atoms with van der Waals surface area (Å²) in [7, 11) is 0. The van der Waals surface area contributed by atoms with E-state index in [1.165, 1.54) is 24.5 Å². The molecular formula is C21H25F3N6O4. The number of carbonyl (C=O) groups is 3. The van der Waals surface area contributed by atoms with Gasteiger partial charge in [-0.25, -0.2) is 14.8 Å². The number of anilines is 2. The van der Waals surface area contributed by atoms with Crippen LogP contribution in [0.3, 0.4) is 0 Å². The summed E-state index contributed by atoms with van der Waals surface area (Å²) in [5.74, 6) is -1.57. The van der Waals surface area contributed by atoms with Crippen LogP contribution in [-0.4, -0.2) is 51.5 Å². The molecule has 0 aliphatic carbocycles. The molecule has 34 heavy (non-hydrogen) atoms. The fourth-order valence-electron chi connectivity index (χ4n) is 2.51. The van der Waals surface area contributed by atoms with Crippen molar-refractivity contribution in [2.45, 2.75) is 39.5 Å². The van der Waals surface area contributed by atoms with Gasteiger partial charge in [0.15, 0.2) is 11.5 Å². The molecule has 0 atom stereocenters. The Kier molecular flexibility index (Phi) is 8.38. The van der Waals surface area contributed by atoms with E-state index in [0.717, 1.165) is 17.0 Å². The molecule has 2 rings (SSSR count). The molecule has 1 heterocycles. The normalized spacial score (nSPS) is 11.4. The summed E-state index contributed by atoms with van der Waals surface area (Å²) in [4.78, 5) is 45.8. The number of nitrogens with one attached hydrogen (secondary N) is 3. The maximum absolute atomic E-state index is 12.7. The average Bonchev–Trinajstić information content (AvgIpc) is 2.74. The number of carbonyl (C=O) groups excluding carboxylic acids is 3. The Morgan fingerprint density at radius 2 is 1.62 bits per heavy atom. The summed E-state index contributed by atoms with van der Waals surface area (Å²) in [6, 6.07) is 4.11. The second-order valence-electron chi connectivity index (χ2n) is 7.95. The van der Waals surface area contributed by atoms with Crippen molar-refractivity contribution in [2.75, 3.05) is 18.4 Å². The third kappa shape index (κ3) is 7.90. The molecule has 1 aromatic heterocycles. The van der Waals surface area contributed by atoms with Crippen LogP contribution in [0.25, 0.3) is 0 Å². The van der Waals surface area contributed by atoms with Gasteiger partial charge in [-0.2, -0.15) is 13.2 Å². The Bertz CT molecular complexity index is 1020. The zero-order valence-electron chi connectivity index (χ0n) is 19.0. The predicted octanol–water partition coefficient (Wildman–Crippen LogP) is 3.26. The van der Waals surface area contributed by atoms with Gasteiger partial charge in [-0.1, -0.05) is 0 Å². The highest BCUT2D eigenvalue weighted by atomic mass is 19.4. The van der Waals surface area contributed by atoms with Gasteiger partial charge in [-0.15, -0.1) is 0 Å². The fourth-order valence-corrected chi connectivity index (χ4v) is 2.51. The molecule has 3 amide bonds. The highest BCUT2D eigenvalue weighted by molar-refractivity contribution is 5.98. The maximum Gasteiger partial charge on any atom is 0.416 e. The van der Waals surface area contributed by atoms with Crippen molar-refractivity contribution in [1.29, 1.82) is 0 Å². The van der Waals surface area contributed by atoms with E-state index in [2.05, 4.69) is 26.1 Å². The number of hydrogen-bond acceptors (Lipinski definition) is 7. The van der Waals surface area contributed by atoms with Crippen LogP contribution in [0.1, 0.15) is 43.7 Å². The molecule has 0 aliphatic heterocycles. The highest BCUT2D eigenvalue weighted by Gasteiger charge is 2.30. The molecule has 10 nitrogen and oxygen atoms in total. The van der Waals surface area contributed by atoms with Gasteiger partial charge in [0, 0.05) is 24.6 Å². The minimum Gasteiger partial charge on any atom is -0.444 e. The molecular weight excluding hydrogens is 457 g/mol. The van der Waals surface area contributed by atoms with E-state index in [1.807, 2.05) is 0 Å². The van der Waals surface area contributed by atoms with Gasteiger partial charge in [0.25, 0.3) is 11.8 Å². The molecule has 0 spiro atoms. The van der Waals surface area contributed by atoms with Crippen molar-refractivity contribution in [1.82, 2.24) is 25.7 Å². The molecule has 2 aromatic rings. The lowest BCUT2D eigenvalue weighted by Gasteiger charge is -2.26. The first-order valence-corrected chi connectivity index (χ1v) is 10.1. The van der Waals surface area contributed by atoms with Gasteiger partial charge < -0.3 is 10.1 Å². The molecule has 0 bridgehead atoms. The van der Waals surface area contributed by atoms with Gasteiger partial charge in [-0.05, 0) is 52.0 Å². The summed E-state index contributed by atoms with van der Waals surface area (Å²) in [5, 5.41) is 2.71. The lowest BCUT2D eigenvalue weighted by Crippen LogP contribution is -2.48. The van der Waals surface area contributed by atoms with E-state index >= 15 is 0 Å². The third-order valence-electron chi connectivity index (χ3n) is 4.07. The molecule has 0 unspecified atom stereocenters. The van der Waals surface area contributed by atoms with Gasteiger partial charge in [0.05, 0.1) is 5.56 Å². The van der Waals surface area contributed by atoms with Crippen LogP contribution < -0.4 is 16.2 Å². The number of aromatic nitrogens is 2. The zero-order chi connectivity index (χ0) is 25.5. The molecule has 0 aliphatic rings. The second kappa shape index (κ2) is 10.8. The van der Waals surface area contributed by atoms with Crippen molar-refractivity contribution >= 4 is 29.4 Å². The molecule has 0 fully saturated rings. The first-order valence-electron chi connectivity index (χ1n) is 10.1. The molecule has 184 valence electrons. The standard InChI is InChI=1S/C21H25F3N6O4/c1-5-30(19(33)34-20(2,3)4)12-15(31)28-29-18(32)16-17(26-11-10-25-16)27-14-8-6-13(7-9-14)21(22,23)24/h6-11H,5,12H2,1-4H3,(H,26,27)(H,28,31)(H,29,32). The molecule has 3 N–H and O–H groups in total. The highest BCUT2D eigenvalue weighted by Crippen LogP contribution is 2.30. The number of hydrogen-bond donors (Lipinski definition) is 3. The smallest absolute Gasteiger partial charge is 0.416 e. The Morgan fingerprint density at radius 3 is 2.18 bits per heavy atom. The van der Waals surface area contributed by atoms with Crippen LogP contribution in [0.5, 0.6) is 0 Å². The number of alkyl halides is 3. The molecule has 0 saturated heterocycles. The summed E-state index contributed by atoms with van der Waals surface area (Å²) in [5.41, 5.74) is 2.78. The minimum absolute atomic E-state index is 0.0436. The average molecular weight is 482 g/mol. The predicted molar refractivity (Wildman–Crippen MR) is 116 cm³/mol. The van der Waals surface area contributed by atoms with Crippen LogP contribution in [0.4, 0.5) is 29.5 Å². The van der Waals surface area contributed by atoms with Crippen molar-refractivity contribution in [3.05, 3.63) is 47.9 Å². The Balaban J connectivity index is 2.00. The molecule has 0 radical (unpaired) electrons. The Hall–Kier alpha value is -3.90. The first kappa shape index (κ1) is 26.4. The number of rotatable bonds is 6. The van der Waals surface area contributed by atoms with E-state index in [0.29, 0.717) is 0 Å². The second-order valence-corrected chi connectivity index (χ2v) is 7.95. The summed E-state index contributed by atoms with van der Waals surface area (Å²) >= 11 is 0. The number of halogens is 3. The first-order chi connectivity index (χ1) is 15.8. The summed E-state index contributed by atoms with van der Waals surface area (Å²) in [6.07, 6.45) is -2.66. The van der Waals surface area contributed by atoms with E-state index in [1.54, 1.807) is 27.7 Å². The number of nitrogens with zero attached hydrogens (tertiary/aromatic N) is 3. The number of benzene rings is 1. The summed E-state index contributed by atoms with van der Waals surface area (Å²) < 4.78 is 43.4. The van der Waals surface area contributed by atoms with E-state index in [9.17, 15) is 27.6 Å². The van der Waals surface area contributed by atoms with Crippen molar-refractivity contribution in [2.24, 2.45) is 0 Å². The van der Waals surface area contributed by atoms with Crippen molar-refractivity contribution in [3.8, 4) is 0 Å². The Labute approximate surface area is 193 Å². The van der Waals surface area contributed by atoms with E-state index < -0.39 is 35.2 Å². The van der Waals surface area contributed by atoms with Crippen molar-refractivity contribution in [3.63, 3.8) is 0 Å². The topological polar surface area (TPSA) is 126 Å². The van der Waals surface area contributed by atoms with Gasteiger partial charge >= 0.3 is 12.3 Å². The third-order valence-corrected chi connectivity index (χ3v) is 4.07. The van der Waals surface area contributed by atoms with Crippen LogP contribution in [0.15, 0.2) is 36.7 Å². The maximum atomic E-state index is 12.7.